The van der Waals surface area contributed by atoms with E-state index in [2.05, 4.69) is 47.6 Å². The van der Waals surface area contributed by atoms with Gasteiger partial charge in [0.05, 0.1) is 0 Å². The number of ether oxygens (including phenoxy) is 4. The monoisotopic (exact) mass is 642 g/mol. The van der Waals surface area contributed by atoms with Crippen molar-refractivity contribution in [2.45, 2.75) is 146 Å². The van der Waals surface area contributed by atoms with Crippen molar-refractivity contribution < 1.29 is 38.1 Å². The number of rotatable bonds is 5. The predicted octanol–water partition coefficient (Wildman–Crippen LogP) is 7.37. The number of allylic oxidation sites excluding steroid dienone is 2. The largest absolute Gasteiger partial charge is 0.465 e. The summed E-state index contributed by atoms with van der Waals surface area (Å²) in [6.45, 7) is 22.1. The summed E-state index contributed by atoms with van der Waals surface area (Å²) >= 11 is 0. The van der Waals surface area contributed by atoms with Crippen LogP contribution in [0.25, 0.3) is 0 Å². The first-order valence-electron chi connectivity index (χ1n) is 17.5. The molecule has 0 aromatic heterocycles. The van der Waals surface area contributed by atoms with Gasteiger partial charge in [-0.05, 0) is 85.4 Å². The SMILES string of the molecule is CC(=O)OC[C@@]1(C)C[C@H]2C3=CC[C@@H]4[C@@]5(C)CC[C@H](OC(C)=O)C(C)(C)[C@@H]5CC[C@@]4(C)[C@]3(C)CC[C@@]2(C)[C@H](OC(C)=O)[C@@H]1OC(C)=O. The first-order valence-corrected chi connectivity index (χ1v) is 17.5. The van der Waals surface area contributed by atoms with Gasteiger partial charge in [0.1, 0.15) is 24.9 Å². The lowest BCUT2D eigenvalue weighted by atomic mass is 9.33. The summed E-state index contributed by atoms with van der Waals surface area (Å²) < 4.78 is 23.7. The molecule has 0 aromatic rings. The van der Waals surface area contributed by atoms with E-state index in [0.717, 1.165) is 44.9 Å². The zero-order valence-corrected chi connectivity index (χ0v) is 30.2. The highest BCUT2D eigenvalue weighted by molar-refractivity contribution is 5.68. The van der Waals surface area contributed by atoms with Crippen molar-refractivity contribution in [3.63, 3.8) is 0 Å². The summed E-state index contributed by atoms with van der Waals surface area (Å²) in [5.74, 6) is -0.453. The third kappa shape index (κ3) is 5.14. The molecule has 0 radical (unpaired) electrons. The molecule has 4 fully saturated rings. The molecule has 8 heteroatoms. The molecule has 0 aromatic carbocycles. The summed E-state index contributed by atoms with van der Waals surface area (Å²) in [5, 5.41) is 0. The first kappa shape index (κ1) is 34.9. The summed E-state index contributed by atoms with van der Waals surface area (Å²) in [5.41, 5.74) is 0.188. The maximum atomic E-state index is 12.6. The number of hydrogen-bond acceptors (Lipinski definition) is 8. The van der Waals surface area contributed by atoms with Crippen LogP contribution in [0.15, 0.2) is 11.6 Å². The Morgan fingerprint density at radius 1 is 0.696 bits per heavy atom. The molecular weight excluding hydrogens is 584 g/mol. The summed E-state index contributed by atoms with van der Waals surface area (Å²) in [4.78, 5) is 49.2. The third-order valence-corrected chi connectivity index (χ3v) is 14.6. The van der Waals surface area contributed by atoms with Crippen molar-refractivity contribution in [2.75, 3.05) is 6.61 Å². The van der Waals surface area contributed by atoms with E-state index in [1.807, 2.05) is 6.92 Å². The molecule has 46 heavy (non-hydrogen) atoms. The molecule has 0 aliphatic heterocycles. The van der Waals surface area contributed by atoms with E-state index in [9.17, 15) is 19.2 Å². The quantitative estimate of drug-likeness (QED) is 0.174. The molecule has 0 bridgehead atoms. The van der Waals surface area contributed by atoms with Gasteiger partial charge in [-0.25, -0.2) is 0 Å². The molecule has 8 nitrogen and oxygen atoms in total. The van der Waals surface area contributed by atoms with Gasteiger partial charge >= 0.3 is 23.9 Å². The van der Waals surface area contributed by atoms with Crippen LogP contribution >= 0.6 is 0 Å². The van der Waals surface area contributed by atoms with Gasteiger partial charge in [-0.15, -0.1) is 0 Å². The lowest BCUT2D eigenvalue weighted by Gasteiger charge is -2.72. The van der Waals surface area contributed by atoms with E-state index in [4.69, 9.17) is 18.9 Å². The van der Waals surface area contributed by atoms with E-state index in [-0.39, 0.29) is 46.3 Å². The van der Waals surface area contributed by atoms with Crippen LogP contribution in [-0.4, -0.2) is 48.8 Å². The van der Waals surface area contributed by atoms with Crippen LogP contribution in [0.5, 0.6) is 0 Å². The molecule has 11 atom stereocenters. The van der Waals surface area contributed by atoms with Crippen LogP contribution in [0.1, 0.15) is 128 Å². The Hall–Kier alpha value is -2.38. The Morgan fingerprint density at radius 3 is 1.89 bits per heavy atom. The second kappa shape index (κ2) is 11.4. The highest BCUT2D eigenvalue weighted by Gasteiger charge is 2.71. The molecule has 4 saturated carbocycles. The summed E-state index contributed by atoms with van der Waals surface area (Å²) in [6.07, 6.45) is 8.57. The minimum absolute atomic E-state index is 0.0456. The topological polar surface area (TPSA) is 105 Å². The molecule has 0 heterocycles. The maximum Gasteiger partial charge on any atom is 0.303 e. The van der Waals surface area contributed by atoms with Crippen molar-refractivity contribution in [3.05, 3.63) is 11.6 Å². The fraction of sp³-hybridized carbons (Fsp3) is 0.842. The number of hydrogen-bond donors (Lipinski definition) is 0. The number of fused-ring (bicyclic) bond motifs is 7. The molecule has 0 unspecified atom stereocenters. The third-order valence-electron chi connectivity index (χ3n) is 14.6. The van der Waals surface area contributed by atoms with Crippen molar-refractivity contribution >= 4 is 23.9 Å². The van der Waals surface area contributed by atoms with Crippen LogP contribution in [0, 0.1) is 50.2 Å². The van der Waals surface area contributed by atoms with Gasteiger partial charge in [-0.2, -0.15) is 0 Å². The Kier molecular flexibility index (Phi) is 8.63. The zero-order chi connectivity index (χ0) is 34.3. The van der Waals surface area contributed by atoms with E-state index in [0.29, 0.717) is 18.3 Å². The molecule has 258 valence electrons. The van der Waals surface area contributed by atoms with Gasteiger partial charge in [-0.1, -0.05) is 60.1 Å². The van der Waals surface area contributed by atoms with Gasteiger partial charge in [0.15, 0.2) is 0 Å². The van der Waals surface area contributed by atoms with Crippen molar-refractivity contribution in [3.8, 4) is 0 Å². The fourth-order valence-electron chi connectivity index (χ4n) is 12.1. The van der Waals surface area contributed by atoms with Gasteiger partial charge in [-0.3, -0.25) is 19.2 Å². The molecule has 5 aliphatic rings. The standard InChI is InChI=1S/C38H58O8/c1-22(39)43-21-34(7)20-27-26-12-13-29-36(9)16-15-30(44-23(2)40)33(5,6)28(36)14-17-38(29,11)37(26,10)19-18-35(27,8)32(46-25(4)42)31(34)45-24(3)41/h12,27-32H,13-21H2,1-11H3/t27-,28-,29+,30-,31-,32+,34+,35+,36-,37+,38+/m0/s1. The summed E-state index contributed by atoms with van der Waals surface area (Å²) in [6, 6.07) is 0. The highest BCUT2D eigenvalue weighted by atomic mass is 16.6. The molecule has 0 N–H and O–H groups in total. The van der Waals surface area contributed by atoms with Gasteiger partial charge < -0.3 is 18.9 Å². The van der Waals surface area contributed by atoms with Crippen molar-refractivity contribution in [2.24, 2.45) is 50.2 Å². The Balaban J connectivity index is 1.58. The minimum Gasteiger partial charge on any atom is -0.465 e. The highest BCUT2D eigenvalue weighted by Crippen LogP contribution is 2.76. The average Bonchev–Trinajstić information content (AvgIpc) is 2.92. The van der Waals surface area contributed by atoms with Gasteiger partial charge in [0.25, 0.3) is 0 Å². The lowest BCUT2D eigenvalue weighted by molar-refractivity contribution is -0.239. The van der Waals surface area contributed by atoms with Gasteiger partial charge in [0.2, 0.25) is 0 Å². The molecule has 0 spiro atoms. The Morgan fingerprint density at radius 2 is 1.30 bits per heavy atom. The number of carbonyl (C=O) groups excluding carboxylic acids is 4. The average molecular weight is 643 g/mol. The van der Waals surface area contributed by atoms with E-state index in [1.165, 1.54) is 33.3 Å². The first-order chi connectivity index (χ1) is 21.2. The van der Waals surface area contributed by atoms with E-state index >= 15 is 0 Å². The summed E-state index contributed by atoms with van der Waals surface area (Å²) in [7, 11) is 0. The fourth-order valence-corrected chi connectivity index (χ4v) is 12.1. The number of esters is 4. The van der Waals surface area contributed by atoms with E-state index < -0.39 is 40.9 Å². The van der Waals surface area contributed by atoms with Crippen LogP contribution in [0.2, 0.25) is 0 Å². The lowest BCUT2D eigenvalue weighted by Crippen LogP contribution is -2.68. The normalized spacial score (nSPS) is 45.8. The molecule has 5 aliphatic carbocycles. The maximum absolute atomic E-state index is 12.6. The Bertz CT molecular complexity index is 1320. The van der Waals surface area contributed by atoms with Crippen LogP contribution in [0.3, 0.4) is 0 Å². The molecular formula is C38H58O8. The molecule has 5 rings (SSSR count). The number of carbonyl (C=O) groups is 4. The Labute approximate surface area is 276 Å². The van der Waals surface area contributed by atoms with Crippen LogP contribution in [-0.2, 0) is 38.1 Å². The van der Waals surface area contributed by atoms with Gasteiger partial charge in [0, 0.05) is 43.9 Å². The van der Waals surface area contributed by atoms with Crippen molar-refractivity contribution in [1.82, 2.24) is 0 Å². The molecule has 0 saturated heterocycles. The second-order valence-electron chi connectivity index (χ2n) is 17.5. The predicted molar refractivity (Wildman–Crippen MR) is 173 cm³/mol. The van der Waals surface area contributed by atoms with Crippen molar-refractivity contribution in [1.29, 1.82) is 0 Å². The van der Waals surface area contributed by atoms with Crippen LogP contribution in [0.4, 0.5) is 0 Å². The van der Waals surface area contributed by atoms with Crippen LogP contribution < -0.4 is 0 Å². The van der Waals surface area contributed by atoms with E-state index in [1.54, 1.807) is 0 Å². The second-order valence-corrected chi connectivity index (χ2v) is 17.5. The smallest absolute Gasteiger partial charge is 0.303 e. The zero-order valence-electron chi connectivity index (χ0n) is 30.2. The molecule has 0 amide bonds. The minimum atomic E-state index is -0.749.